The molecule has 0 aliphatic rings. The second-order valence-electron chi connectivity index (χ2n) is 1.98. The van der Waals surface area contributed by atoms with Gasteiger partial charge in [-0.1, -0.05) is 4.13 Å². The van der Waals surface area contributed by atoms with E-state index in [2.05, 4.69) is 0 Å². The zero-order chi connectivity index (χ0) is 12.7. The molecule has 0 fully saturated rings. The molecule has 0 aromatic heterocycles. The minimum absolute atomic E-state index is 0. The minimum atomic E-state index is -6.60. The van der Waals surface area contributed by atoms with E-state index in [1.165, 1.54) is 0 Å². The zero-order valence-corrected chi connectivity index (χ0v) is 9.63. The average molecular weight is 389 g/mol. The topological polar surface area (TPSA) is 80.3 Å². The van der Waals surface area contributed by atoms with Gasteiger partial charge in [-0.15, -0.1) is 0 Å². The molecule has 0 aliphatic carbocycles. The summed E-state index contributed by atoms with van der Waals surface area (Å²) in [6.07, 6.45) is 0. The third kappa shape index (κ3) is 4.21. The van der Waals surface area contributed by atoms with E-state index in [4.69, 9.17) is 0 Å². The Balaban J connectivity index is 0. The molecule has 5 nitrogen and oxygen atoms in total. The summed E-state index contributed by atoms with van der Waals surface area (Å²) in [5.74, 6) is 0. The van der Waals surface area contributed by atoms with Gasteiger partial charge in [0.15, 0.2) is 0 Å². The van der Waals surface area contributed by atoms with Gasteiger partial charge in [0.2, 0.25) is 0 Å². The molecule has 0 aromatic rings. The molecule has 1 N–H and O–H groups in total. The molecule has 14 heteroatoms. The Morgan fingerprint density at radius 1 is 0.688 bits per heavy atom. The van der Waals surface area contributed by atoms with Crippen molar-refractivity contribution in [2.75, 3.05) is 0 Å². The number of hydrogen-bond donors (Lipinski definition) is 1. The van der Waals surface area contributed by atoms with Crippen LogP contribution in [0.3, 0.4) is 0 Å². The molecule has 0 saturated heterocycles. The predicted molar refractivity (Wildman–Crippen MR) is 33.1 cm³/mol. The van der Waals surface area contributed by atoms with Gasteiger partial charge in [-0.3, -0.25) is 0 Å². The van der Waals surface area contributed by atoms with E-state index < -0.39 is 35.2 Å². The van der Waals surface area contributed by atoms with Crippen molar-refractivity contribution in [3.63, 3.8) is 0 Å². The number of alkyl halides is 6. The molecule has 0 heterocycles. The molecule has 103 valence electrons. The molecule has 0 rings (SSSR count). The van der Waals surface area contributed by atoms with Crippen molar-refractivity contribution < 1.29 is 65.6 Å². The van der Waals surface area contributed by atoms with Crippen molar-refractivity contribution in [1.29, 1.82) is 0 Å². The second-order valence-corrected chi connectivity index (χ2v) is 5.59. The first-order valence-electron chi connectivity index (χ1n) is 2.62. The fourth-order valence-electron chi connectivity index (χ4n) is 0.239. The van der Waals surface area contributed by atoms with E-state index in [9.17, 15) is 43.2 Å². The van der Waals surface area contributed by atoms with E-state index >= 15 is 0 Å². The number of sulfonamides is 2. The zero-order valence-electron chi connectivity index (χ0n) is 6.52. The van der Waals surface area contributed by atoms with Gasteiger partial charge in [0.05, 0.1) is 0 Å². The third-order valence-corrected chi connectivity index (χ3v) is 3.80. The SMILES string of the molecule is O=S(=O)(NS(=O)(=O)C(F)(F)F)C(F)(F)F.[Ag]. The first kappa shape index (κ1) is 18.5. The molecule has 0 saturated carbocycles. The predicted octanol–water partition coefficient (Wildman–Crippen LogP) is 0.273. The normalized spacial score (nSPS) is 14.4. The van der Waals surface area contributed by atoms with Crippen LogP contribution in [-0.2, 0) is 42.4 Å². The van der Waals surface area contributed by atoms with Crippen molar-refractivity contribution in [3.05, 3.63) is 0 Å². The summed E-state index contributed by atoms with van der Waals surface area (Å²) in [6.45, 7) is 0. The second kappa shape index (κ2) is 4.81. The van der Waals surface area contributed by atoms with Crippen LogP contribution in [0.15, 0.2) is 0 Å². The Kier molecular flexibility index (Phi) is 5.58. The van der Waals surface area contributed by atoms with Crippen LogP contribution in [-0.4, -0.2) is 27.9 Å². The molecule has 0 aliphatic heterocycles. The summed E-state index contributed by atoms with van der Waals surface area (Å²) in [5, 5.41) is 0. The van der Waals surface area contributed by atoms with Crippen LogP contribution in [0.25, 0.3) is 0 Å². The molecule has 0 unspecified atom stereocenters. The van der Waals surface area contributed by atoms with Crippen molar-refractivity contribution in [2.24, 2.45) is 0 Å². The summed E-state index contributed by atoms with van der Waals surface area (Å²) in [4.78, 5) is 0. The number of rotatable bonds is 2. The molecule has 16 heavy (non-hydrogen) atoms. The largest absolute Gasteiger partial charge is 0.512 e. The Morgan fingerprint density at radius 3 is 1.00 bits per heavy atom. The Bertz CT molecular complexity index is 390. The standard InChI is InChI=1S/C2HF6NO4S2.Ag/c3-1(4,5)14(10,11)9-15(12,13)2(6,7)8;/h9H;. The van der Waals surface area contributed by atoms with Crippen molar-refractivity contribution in [3.8, 4) is 0 Å². The Morgan fingerprint density at radius 2 is 0.875 bits per heavy atom. The molecule has 0 amide bonds. The fourth-order valence-corrected chi connectivity index (χ4v) is 2.15. The molecular weight excluding hydrogens is 388 g/mol. The summed E-state index contributed by atoms with van der Waals surface area (Å²) < 4.78 is 108. The maximum Gasteiger partial charge on any atom is 0.512 e. The maximum atomic E-state index is 11.5. The van der Waals surface area contributed by atoms with Crippen LogP contribution < -0.4 is 4.13 Å². The van der Waals surface area contributed by atoms with E-state index in [-0.39, 0.29) is 22.4 Å². The van der Waals surface area contributed by atoms with Gasteiger partial charge in [0.25, 0.3) is 0 Å². The van der Waals surface area contributed by atoms with Gasteiger partial charge in [-0.2, -0.15) is 26.3 Å². The molecule has 0 bridgehead atoms. The fraction of sp³-hybridized carbons (Fsp3) is 1.00. The van der Waals surface area contributed by atoms with Crippen LogP contribution >= 0.6 is 0 Å². The molecular formula is C2HAgF6NO4S2. The molecule has 0 spiro atoms. The maximum absolute atomic E-state index is 11.5. The number of halogens is 6. The number of hydrogen-bond acceptors (Lipinski definition) is 4. The summed E-state index contributed by atoms with van der Waals surface area (Å²) >= 11 is 0. The minimum Gasteiger partial charge on any atom is -0.202 e. The smallest absolute Gasteiger partial charge is 0.202 e. The monoisotopic (exact) mass is 388 g/mol. The van der Waals surface area contributed by atoms with Crippen molar-refractivity contribution in [1.82, 2.24) is 4.13 Å². The Hall–Kier alpha value is 0.180. The van der Waals surface area contributed by atoms with Gasteiger partial charge in [-0.05, 0) is 0 Å². The van der Waals surface area contributed by atoms with Gasteiger partial charge in [0.1, 0.15) is 0 Å². The van der Waals surface area contributed by atoms with Crippen LogP contribution in [0, 0.1) is 0 Å². The quantitative estimate of drug-likeness (QED) is 0.544. The molecule has 1 radical (unpaired) electrons. The first-order valence-corrected chi connectivity index (χ1v) is 5.58. The average Bonchev–Trinajstić information content (AvgIpc) is 1.77. The molecule has 0 aromatic carbocycles. The van der Waals surface area contributed by atoms with E-state index in [0.717, 1.165) is 0 Å². The number of nitrogens with one attached hydrogen (secondary N) is 1. The first-order chi connectivity index (χ1) is 6.21. The van der Waals surface area contributed by atoms with Gasteiger partial charge in [-0.25, -0.2) is 16.8 Å². The van der Waals surface area contributed by atoms with Gasteiger partial charge < -0.3 is 0 Å². The van der Waals surface area contributed by atoms with Crippen LogP contribution in [0.1, 0.15) is 0 Å². The van der Waals surface area contributed by atoms with Gasteiger partial charge in [0, 0.05) is 22.4 Å². The molecule has 0 atom stereocenters. The van der Waals surface area contributed by atoms with E-state index in [1.807, 2.05) is 0 Å². The van der Waals surface area contributed by atoms with Crippen molar-refractivity contribution >= 4 is 20.0 Å². The van der Waals surface area contributed by atoms with Crippen molar-refractivity contribution in [2.45, 2.75) is 11.0 Å². The summed E-state index contributed by atoms with van der Waals surface area (Å²) in [6, 6.07) is 0. The Labute approximate surface area is 101 Å². The van der Waals surface area contributed by atoms with Gasteiger partial charge >= 0.3 is 31.1 Å². The van der Waals surface area contributed by atoms with Crippen LogP contribution in [0.5, 0.6) is 0 Å². The van der Waals surface area contributed by atoms with E-state index in [0.29, 0.717) is 0 Å². The summed E-state index contributed by atoms with van der Waals surface area (Å²) in [7, 11) is -13.2. The summed E-state index contributed by atoms with van der Waals surface area (Å²) in [5.41, 5.74) is -12.3. The van der Waals surface area contributed by atoms with E-state index in [1.54, 1.807) is 0 Å². The van der Waals surface area contributed by atoms with Crippen LogP contribution in [0.2, 0.25) is 0 Å². The van der Waals surface area contributed by atoms with Crippen LogP contribution in [0.4, 0.5) is 26.3 Å². The third-order valence-electron chi connectivity index (χ3n) is 0.829.